The summed E-state index contributed by atoms with van der Waals surface area (Å²) in [4.78, 5) is 11.9. The van der Waals surface area contributed by atoms with Crippen molar-refractivity contribution in [1.82, 2.24) is 4.72 Å². The van der Waals surface area contributed by atoms with Crippen LogP contribution in [0.2, 0.25) is 0 Å². The van der Waals surface area contributed by atoms with Crippen molar-refractivity contribution in [1.29, 1.82) is 0 Å². The lowest BCUT2D eigenvalue weighted by atomic mass is 10.3. The Balaban J connectivity index is 1.98. The smallest absolute Gasteiger partial charge is 0.240 e. The van der Waals surface area contributed by atoms with Crippen molar-refractivity contribution >= 4 is 33.4 Å². The Morgan fingerprint density at radius 2 is 2.14 bits per heavy atom. The number of rotatable bonds is 8. The summed E-state index contributed by atoms with van der Waals surface area (Å²) in [7, 11) is -3.48. The van der Waals surface area contributed by atoms with Crippen LogP contribution in [-0.2, 0) is 14.8 Å². The van der Waals surface area contributed by atoms with Crippen molar-refractivity contribution in [2.24, 2.45) is 0 Å². The lowest BCUT2D eigenvalue weighted by Crippen LogP contribution is -2.25. The molecule has 116 valence electrons. The Hall–Kier alpha value is -1.05. The topological polar surface area (TPSA) is 75.3 Å². The summed E-state index contributed by atoms with van der Waals surface area (Å²) >= 11 is 1.56. The Morgan fingerprint density at radius 3 is 2.81 bits per heavy atom. The predicted octanol–water partition coefficient (Wildman–Crippen LogP) is 2.21. The highest BCUT2D eigenvalue weighted by Gasteiger charge is 2.28. The van der Waals surface area contributed by atoms with Crippen LogP contribution >= 0.6 is 11.8 Å². The van der Waals surface area contributed by atoms with E-state index in [0.29, 0.717) is 11.4 Å². The Kier molecular flexibility index (Phi) is 5.66. The number of thioether (sulfide) groups is 1. The van der Waals surface area contributed by atoms with Gasteiger partial charge in [-0.2, -0.15) is 11.8 Å². The molecule has 1 saturated carbocycles. The van der Waals surface area contributed by atoms with Gasteiger partial charge in [-0.3, -0.25) is 4.79 Å². The third-order valence-corrected chi connectivity index (χ3v) is 5.59. The molecule has 21 heavy (non-hydrogen) atoms. The van der Waals surface area contributed by atoms with E-state index in [1.807, 2.05) is 0 Å². The molecule has 0 saturated heterocycles. The van der Waals surface area contributed by atoms with Crippen LogP contribution in [0.3, 0.4) is 0 Å². The molecule has 0 aliphatic heterocycles. The first kappa shape index (κ1) is 16.3. The van der Waals surface area contributed by atoms with Crippen molar-refractivity contribution in [3.8, 4) is 0 Å². The van der Waals surface area contributed by atoms with Crippen molar-refractivity contribution in [3.63, 3.8) is 0 Å². The minimum atomic E-state index is -3.48. The van der Waals surface area contributed by atoms with Gasteiger partial charge in [0.2, 0.25) is 15.9 Å². The highest BCUT2D eigenvalue weighted by Crippen LogP contribution is 2.23. The fourth-order valence-electron chi connectivity index (χ4n) is 1.74. The highest BCUT2D eigenvalue weighted by molar-refractivity contribution is 7.99. The number of hydrogen-bond donors (Lipinski definition) is 2. The summed E-state index contributed by atoms with van der Waals surface area (Å²) < 4.78 is 26.8. The van der Waals surface area contributed by atoms with Gasteiger partial charge in [-0.1, -0.05) is 13.0 Å². The lowest BCUT2D eigenvalue weighted by Gasteiger charge is -2.09. The number of hydrogen-bond acceptors (Lipinski definition) is 4. The molecule has 0 atom stereocenters. The summed E-state index contributed by atoms with van der Waals surface area (Å²) in [5.74, 6) is 1.20. The molecule has 5 nitrogen and oxygen atoms in total. The van der Waals surface area contributed by atoms with E-state index in [1.165, 1.54) is 12.1 Å². The maximum atomic E-state index is 12.1. The largest absolute Gasteiger partial charge is 0.325 e. The molecule has 1 aliphatic rings. The molecule has 0 unspecified atom stereocenters. The molecule has 0 aromatic heterocycles. The molecule has 2 rings (SSSR count). The van der Waals surface area contributed by atoms with E-state index in [1.54, 1.807) is 23.9 Å². The maximum absolute atomic E-state index is 12.1. The third-order valence-electron chi connectivity index (χ3n) is 2.91. The molecule has 1 fully saturated rings. The van der Waals surface area contributed by atoms with Crippen LogP contribution in [-0.4, -0.2) is 31.9 Å². The number of carbonyl (C=O) groups is 1. The minimum absolute atomic E-state index is 0.0682. The van der Waals surface area contributed by atoms with E-state index in [4.69, 9.17) is 0 Å². The van der Waals surface area contributed by atoms with Gasteiger partial charge < -0.3 is 5.32 Å². The van der Waals surface area contributed by atoms with Gasteiger partial charge in [0, 0.05) is 11.7 Å². The second-order valence-corrected chi connectivity index (χ2v) is 7.84. The molecule has 1 amide bonds. The van der Waals surface area contributed by atoms with Gasteiger partial charge >= 0.3 is 0 Å². The van der Waals surface area contributed by atoms with Crippen LogP contribution < -0.4 is 10.0 Å². The molecular weight excluding hydrogens is 308 g/mol. The first-order chi connectivity index (χ1) is 10.0. The second-order valence-electron chi connectivity index (χ2n) is 5.02. The molecule has 1 aromatic rings. The molecule has 2 N–H and O–H groups in total. The Morgan fingerprint density at radius 1 is 1.38 bits per heavy atom. The normalized spacial score (nSPS) is 14.9. The molecule has 0 heterocycles. The van der Waals surface area contributed by atoms with Crippen LogP contribution in [0, 0.1) is 0 Å². The number of anilines is 1. The number of nitrogens with one attached hydrogen (secondary N) is 2. The summed E-state index contributed by atoms with van der Waals surface area (Å²) in [6.45, 7) is 2.06. The Bertz CT molecular complexity index is 598. The van der Waals surface area contributed by atoms with Crippen molar-refractivity contribution in [2.45, 2.75) is 37.1 Å². The molecular formula is C14H20N2O3S2. The average molecular weight is 328 g/mol. The fourth-order valence-corrected chi connectivity index (χ4v) is 3.78. The van der Waals surface area contributed by atoms with Crippen molar-refractivity contribution in [3.05, 3.63) is 24.3 Å². The number of sulfonamides is 1. The molecule has 0 bridgehead atoms. The third kappa shape index (κ3) is 5.33. The van der Waals surface area contributed by atoms with E-state index >= 15 is 0 Å². The summed E-state index contributed by atoms with van der Waals surface area (Å²) in [5, 5.41) is 2.73. The summed E-state index contributed by atoms with van der Waals surface area (Å²) in [6.07, 6.45) is 2.81. The number of benzene rings is 1. The van der Waals surface area contributed by atoms with E-state index < -0.39 is 10.0 Å². The summed E-state index contributed by atoms with van der Waals surface area (Å²) in [5.41, 5.74) is 0.510. The Labute approximate surface area is 129 Å². The van der Waals surface area contributed by atoms with Gasteiger partial charge in [0.25, 0.3) is 0 Å². The van der Waals surface area contributed by atoms with E-state index in [-0.39, 0.29) is 16.8 Å². The van der Waals surface area contributed by atoms with Gasteiger partial charge in [-0.05, 0) is 43.2 Å². The predicted molar refractivity (Wildman–Crippen MR) is 86.0 cm³/mol. The van der Waals surface area contributed by atoms with Crippen LogP contribution in [0.5, 0.6) is 0 Å². The second kappa shape index (κ2) is 7.29. The molecule has 1 aliphatic carbocycles. The van der Waals surface area contributed by atoms with E-state index in [2.05, 4.69) is 17.0 Å². The first-order valence-electron chi connectivity index (χ1n) is 7.01. The van der Waals surface area contributed by atoms with Crippen LogP contribution in [0.15, 0.2) is 29.2 Å². The van der Waals surface area contributed by atoms with Gasteiger partial charge in [0.1, 0.15) is 0 Å². The lowest BCUT2D eigenvalue weighted by molar-refractivity contribution is -0.113. The van der Waals surface area contributed by atoms with Gasteiger partial charge in [-0.15, -0.1) is 0 Å². The van der Waals surface area contributed by atoms with Gasteiger partial charge in [-0.25, -0.2) is 13.1 Å². The zero-order chi connectivity index (χ0) is 15.3. The van der Waals surface area contributed by atoms with Crippen LogP contribution in [0.25, 0.3) is 0 Å². The molecule has 0 radical (unpaired) electrons. The number of amides is 1. The fraction of sp³-hybridized carbons (Fsp3) is 0.500. The van der Waals surface area contributed by atoms with Crippen molar-refractivity contribution in [2.75, 3.05) is 16.8 Å². The van der Waals surface area contributed by atoms with E-state index in [0.717, 1.165) is 25.0 Å². The SMILES string of the molecule is CCCSCC(=O)Nc1cccc(S(=O)(=O)NC2CC2)c1. The standard InChI is InChI=1S/C14H20N2O3S2/c1-2-8-20-10-14(17)15-12-4-3-5-13(9-12)21(18,19)16-11-6-7-11/h3-5,9,11,16H,2,6-8,10H2,1H3,(H,15,17). The minimum Gasteiger partial charge on any atom is -0.325 e. The number of carbonyl (C=O) groups excluding carboxylic acids is 1. The molecule has 7 heteroatoms. The van der Waals surface area contributed by atoms with E-state index in [9.17, 15) is 13.2 Å². The van der Waals surface area contributed by atoms with Crippen molar-refractivity contribution < 1.29 is 13.2 Å². The van der Waals surface area contributed by atoms with Gasteiger partial charge in [0.15, 0.2) is 0 Å². The summed E-state index contributed by atoms with van der Waals surface area (Å²) in [6, 6.07) is 6.42. The maximum Gasteiger partial charge on any atom is 0.240 e. The van der Waals surface area contributed by atoms with Gasteiger partial charge in [0.05, 0.1) is 10.6 Å². The zero-order valence-corrected chi connectivity index (χ0v) is 13.6. The first-order valence-corrected chi connectivity index (χ1v) is 9.65. The molecule has 0 spiro atoms. The zero-order valence-electron chi connectivity index (χ0n) is 12.0. The average Bonchev–Trinajstić information content (AvgIpc) is 3.22. The highest BCUT2D eigenvalue weighted by atomic mass is 32.2. The van der Waals surface area contributed by atoms with Crippen LogP contribution in [0.4, 0.5) is 5.69 Å². The molecule has 1 aromatic carbocycles. The monoisotopic (exact) mass is 328 g/mol. The van der Waals surface area contributed by atoms with Crippen LogP contribution in [0.1, 0.15) is 26.2 Å². The quantitative estimate of drug-likeness (QED) is 0.718.